The van der Waals surface area contributed by atoms with E-state index in [1.54, 1.807) is 4.90 Å². The molecule has 0 saturated carbocycles. The van der Waals surface area contributed by atoms with Crippen LogP contribution in [0.5, 0.6) is 0 Å². The van der Waals surface area contributed by atoms with Crippen molar-refractivity contribution in [3.63, 3.8) is 0 Å². The van der Waals surface area contributed by atoms with Gasteiger partial charge in [-0.25, -0.2) is 0 Å². The molecule has 4 rings (SSSR count). The van der Waals surface area contributed by atoms with Crippen LogP contribution in [-0.4, -0.2) is 34.9 Å². The van der Waals surface area contributed by atoms with Crippen LogP contribution in [-0.2, 0) is 33.8 Å². The van der Waals surface area contributed by atoms with E-state index in [4.69, 9.17) is 0 Å². The number of rotatable bonds is 2. The Bertz CT molecular complexity index is 755. The summed E-state index contributed by atoms with van der Waals surface area (Å²) >= 11 is 0. The van der Waals surface area contributed by atoms with Crippen molar-refractivity contribution >= 4 is 24.0 Å². The van der Waals surface area contributed by atoms with Crippen LogP contribution in [0.3, 0.4) is 0 Å². The van der Waals surface area contributed by atoms with Crippen molar-refractivity contribution in [1.82, 2.24) is 10.2 Å². The first-order valence-electron chi connectivity index (χ1n) is 7.81. The Morgan fingerprint density at radius 2 is 1.83 bits per heavy atom. The summed E-state index contributed by atoms with van der Waals surface area (Å²) in [5.41, 5.74) is 3.71. The third kappa shape index (κ3) is 2.17. The van der Waals surface area contributed by atoms with Gasteiger partial charge in [0, 0.05) is 24.4 Å². The molecular formula is C17H16N2O4. The van der Waals surface area contributed by atoms with Crippen molar-refractivity contribution in [3.8, 4) is 0 Å². The summed E-state index contributed by atoms with van der Waals surface area (Å²) in [6.07, 6.45) is 3.00. The van der Waals surface area contributed by atoms with Gasteiger partial charge >= 0.3 is 0 Å². The normalized spacial score (nSPS) is 26.1. The van der Waals surface area contributed by atoms with Crippen molar-refractivity contribution in [3.05, 3.63) is 34.4 Å². The van der Waals surface area contributed by atoms with Crippen LogP contribution in [0.4, 0.5) is 0 Å². The number of carbonyl (C=O) groups excluding carboxylic acids is 4. The van der Waals surface area contributed by atoms with Gasteiger partial charge in [-0.2, -0.15) is 0 Å². The first kappa shape index (κ1) is 14.1. The molecule has 1 saturated heterocycles. The summed E-state index contributed by atoms with van der Waals surface area (Å²) < 4.78 is 0. The molecule has 0 radical (unpaired) electrons. The fraction of sp³-hybridized carbons (Fsp3) is 0.412. The van der Waals surface area contributed by atoms with Crippen molar-refractivity contribution in [2.45, 2.75) is 38.3 Å². The molecule has 1 unspecified atom stereocenters. The van der Waals surface area contributed by atoms with Crippen molar-refractivity contribution in [1.29, 1.82) is 0 Å². The molecule has 23 heavy (non-hydrogen) atoms. The number of piperidine rings is 1. The lowest BCUT2D eigenvalue weighted by Crippen LogP contribution is -2.52. The van der Waals surface area contributed by atoms with Crippen molar-refractivity contribution in [2.24, 2.45) is 5.92 Å². The molecule has 2 atom stereocenters. The Morgan fingerprint density at radius 3 is 2.52 bits per heavy atom. The van der Waals surface area contributed by atoms with Gasteiger partial charge in [-0.05, 0) is 42.0 Å². The highest BCUT2D eigenvalue weighted by atomic mass is 16.2. The van der Waals surface area contributed by atoms with E-state index >= 15 is 0 Å². The molecule has 0 bridgehead atoms. The number of imide groups is 1. The molecular weight excluding hydrogens is 296 g/mol. The number of nitrogens with one attached hydrogen (secondary N) is 1. The molecule has 1 aromatic carbocycles. The zero-order chi connectivity index (χ0) is 16.1. The highest BCUT2D eigenvalue weighted by Crippen LogP contribution is 2.34. The van der Waals surface area contributed by atoms with Gasteiger partial charge in [0.15, 0.2) is 0 Å². The molecule has 118 valence electrons. The van der Waals surface area contributed by atoms with Gasteiger partial charge in [0.2, 0.25) is 11.8 Å². The maximum absolute atomic E-state index is 12.7. The molecule has 2 aliphatic heterocycles. The number of benzene rings is 1. The van der Waals surface area contributed by atoms with Crippen LogP contribution in [0.25, 0.3) is 0 Å². The first-order valence-corrected chi connectivity index (χ1v) is 7.81. The Hall–Kier alpha value is -2.50. The minimum Gasteiger partial charge on any atom is -0.322 e. The third-order valence-corrected chi connectivity index (χ3v) is 5.00. The Morgan fingerprint density at radius 1 is 1.09 bits per heavy atom. The Kier molecular flexibility index (Phi) is 3.07. The summed E-state index contributed by atoms with van der Waals surface area (Å²) in [4.78, 5) is 48.5. The first-order chi connectivity index (χ1) is 11.1. The maximum atomic E-state index is 12.7. The highest BCUT2D eigenvalue weighted by molar-refractivity contribution is 6.05. The predicted molar refractivity (Wildman–Crippen MR) is 79.4 cm³/mol. The minimum absolute atomic E-state index is 0.00821. The lowest BCUT2D eigenvalue weighted by atomic mass is 10.0. The van der Waals surface area contributed by atoms with Crippen LogP contribution in [0.15, 0.2) is 12.1 Å². The van der Waals surface area contributed by atoms with Crippen LogP contribution < -0.4 is 5.32 Å². The van der Waals surface area contributed by atoms with Gasteiger partial charge in [0.05, 0.1) is 0 Å². The average molecular weight is 312 g/mol. The molecule has 3 amide bonds. The SMILES string of the molecule is O=C[C@H]1Cc2cc3c(cc2C1)C(=O)N(C1CCC(=O)NC1=O)C3. The van der Waals surface area contributed by atoms with Gasteiger partial charge in [-0.15, -0.1) is 0 Å². The fourth-order valence-corrected chi connectivity index (χ4v) is 3.82. The van der Waals surface area contributed by atoms with Gasteiger partial charge in [0.1, 0.15) is 12.3 Å². The standard InChI is InChI=1S/C17H16N2O4/c20-8-9-3-10-5-12-7-19(14-1-2-15(21)18-16(14)22)17(23)13(12)6-11(10)4-9/h5-6,8-9,14H,1-4,7H2,(H,18,21,22)/t9-,14?/m0/s1. The molecule has 0 aromatic heterocycles. The van der Waals surface area contributed by atoms with E-state index in [0.717, 1.165) is 29.4 Å². The molecule has 1 aromatic rings. The van der Waals surface area contributed by atoms with Crippen LogP contribution in [0.1, 0.15) is 39.9 Å². The van der Waals surface area contributed by atoms with Crippen LogP contribution >= 0.6 is 0 Å². The number of aldehydes is 1. The minimum atomic E-state index is -0.579. The molecule has 1 aliphatic carbocycles. The zero-order valence-corrected chi connectivity index (χ0v) is 12.5. The zero-order valence-electron chi connectivity index (χ0n) is 12.5. The summed E-state index contributed by atoms with van der Waals surface area (Å²) in [6.45, 7) is 0.388. The number of nitrogens with zero attached hydrogens (tertiary/aromatic N) is 1. The largest absolute Gasteiger partial charge is 0.322 e. The highest BCUT2D eigenvalue weighted by Gasteiger charge is 2.39. The number of fused-ring (bicyclic) bond motifs is 2. The smallest absolute Gasteiger partial charge is 0.255 e. The van der Waals surface area contributed by atoms with E-state index in [1.807, 2.05) is 12.1 Å². The average Bonchev–Trinajstić information content (AvgIpc) is 3.06. The number of carbonyl (C=O) groups is 4. The number of hydrogen-bond acceptors (Lipinski definition) is 4. The summed E-state index contributed by atoms with van der Waals surface area (Å²) in [5.74, 6) is -0.828. The van der Waals surface area contributed by atoms with E-state index < -0.39 is 11.9 Å². The van der Waals surface area contributed by atoms with Gasteiger partial charge in [0.25, 0.3) is 5.91 Å². The topological polar surface area (TPSA) is 83.6 Å². The van der Waals surface area contributed by atoms with E-state index in [1.165, 1.54) is 0 Å². The predicted octanol–water partition coefficient (Wildman–Crippen LogP) is 0.361. The van der Waals surface area contributed by atoms with Crippen LogP contribution in [0.2, 0.25) is 0 Å². The lowest BCUT2D eigenvalue weighted by Gasteiger charge is -2.29. The van der Waals surface area contributed by atoms with Crippen molar-refractivity contribution in [2.75, 3.05) is 0 Å². The van der Waals surface area contributed by atoms with Crippen LogP contribution in [0, 0.1) is 5.92 Å². The molecule has 2 heterocycles. The Balaban J connectivity index is 1.61. The van der Waals surface area contributed by atoms with E-state index in [2.05, 4.69) is 5.32 Å². The van der Waals surface area contributed by atoms with Gasteiger partial charge < -0.3 is 9.69 Å². The number of amides is 3. The summed E-state index contributed by atoms with van der Waals surface area (Å²) in [5, 5.41) is 2.30. The second-order valence-electron chi connectivity index (χ2n) is 6.48. The quantitative estimate of drug-likeness (QED) is 0.631. The molecule has 6 heteroatoms. The Labute approximate surface area is 132 Å². The second kappa shape index (κ2) is 5.01. The van der Waals surface area contributed by atoms with Gasteiger partial charge in [-0.1, -0.05) is 6.07 Å². The summed E-state index contributed by atoms with van der Waals surface area (Å²) in [7, 11) is 0. The molecule has 3 aliphatic rings. The molecule has 1 fully saturated rings. The van der Waals surface area contributed by atoms with E-state index in [0.29, 0.717) is 24.9 Å². The molecule has 1 N–H and O–H groups in total. The second-order valence-corrected chi connectivity index (χ2v) is 6.48. The monoisotopic (exact) mass is 312 g/mol. The third-order valence-electron chi connectivity index (χ3n) is 5.00. The molecule has 0 spiro atoms. The van der Waals surface area contributed by atoms with E-state index in [9.17, 15) is 19.2 Å². The lowest BCUT2D eigenvalue weighted by molar-refractivity contribution is -0.136. The fourth-order valence-electron chi connectivity index (χ4n) is 3.82. The molecule has 6 nitrogen and oxygen atoms in total. The van der Waals surface area contributed by atoms with Gasteiger partial charge in [-0.3, -0.25) is 19.7 Å². The summed E-state index contributed by atoms with van der Waals surface area (Å²) in [6, 6.07) is 3.30. The van der Waals surface area contributed by atoms with Crippen molar-refractivity contribution < 1.29 is 19.2 Å². The maximum Gasteiger partial charge on any atom is 0.255 e. The number of hydrogen-bond donors (Lipinski definition) is 1. The van der Waals surface area contributed by atoms with E-state index in [-0.39, 0.29) is 24.2 Å².